The smallest absolute Gasteiger partial charge is 0.280 e. The third-order valence-electron chi connectivity index (χ3n) is 2.92. The molecule has 1 atom stereocenters. The first-order valence-corrected chi connectivity index (χ1v) is 6.52. The Balaban J connectivity index is 2.46. The van der Waals surface area contributed by atoms with Crippen molar-refractivity contribution < 1.29 is 0 Å². The minimum atomic E-state index is -0.217. The van der Waals surface area contributed by atoms with Gasteiger partial charge in [0.05, 0.1) is 11.9 Å². The third-order valence-corrected chi connectivity index (χ3v) is 3.71. The van der Waals surface area contributed by atoms with Gasteiger partial charge in [0, 0.05) is 19.1 Å². The van der Waals surface area contributed by atoms with E-state index in [0.29, 0.717) is 10.5 Å². The van der Waals surface area contributed by atoms with E-state index < -0.39 is 0 Å². The Morgan fingerprint density at radius 2 is 2.35 bits per heavy atom. The first-order valence-electron chi connectivity index (χ1n) is 5.73. The summed E-state index contributed by atoms with van der Waals surface area (Å²) in [6.07, 6.45) is 2.74. The Hall–Kier alpha value is -0.880. The third kappa shape index (κ3) is 4.12. The summed E-state index contributed by atoms with van der Waals surface area (Å²) in [5, 5.41) is 9.31. The topological polar surface area (TPSA) is 61.0 Å². The summed E-state index contributed by atoms with van der Waals surface area (Å²) < 4.78 is 0.499. The number of hydrogen-bond donors (Lipinski definition) is 2. The van der Waals surface area contributed by atoms with Crippen molar-refractivity contribution in [3.63, 3.8) is 0 Å². The number of likely N-dealkylation sites (N-methyl/N-ethyl adjacent to an activating group) is 1. The number of rotatable bonds is 6. The van der Waals surface area contributed by atoms with Gasteiger partial charge in [-0.15, -0.1) is 0 Å². The van der Waals surface area contributed by atoms with Gasteiger partial charge in [-0.05, 0) is 36.3 Å². The second-order valence-corrected chi connectivity index (χ2v) is 4.88. The fraction of sp³-hybridized carbons (Fsp3) is 0.636. The fourth-order valence-electron chi connectivity index (χ4n) is 1.41. The van der Waals surface area contributed by atoms with Crippen molar-refractivity contribution in [3.8, 4) is 0 Å². The van der Waals surface area contributed by atoms with Crippen LogP contribution in [0.25, 0.3) is 0 Å². The number of aromatic amines is 1. The van der Waals surface area contributed by atoms with Gasteiger partial charge < -0.3 is 10.2 Å². The summed E-state index contributed by atoms with van der Waals surface area (Å²) in [7, 11) is 2.10. The van der Waals surface area contributed by atoms with Gasteiger partial charge in [-0.3, -0.25) is 4.79 Å². The van der Waals surface area contributed by atoms with Crippen LogP contribution in [-0.2, 0) is 0 Å². The van der Waals surface area contributed by atoms with Gasteiger partial charge >= 0.3 is 0 Å². The van der Waals surface area contributed by atoms with Crippen molar-refractivity contribution in [2.45, 2.75) is 26.3 Å². The maximum Gasteiger partial charge on any atom is 0.280 e. The first kappa shape index (κ1) is 14.2. The molecule has 0 aromatic carbocycles. The minimum absolute atomic E-state index is 0.217. The summed E-state index contributed by atoms with van der Waals surface area (Å²) in [6, 6.07) is 0.567. The zero-order chi connectivity index (χ0) is 12.8. The molecule has 0 amide bonds. The molecule has 1 heterocycles. The average Bonchev–Trinajstić information content (AvgIpc) is 2.33. The molecule has 0 saturated carbocycles. The van der Waals surface area contributed by atoms with Crippen molar-refractivity contribution in [1.29, 1.82) is 0 Å². The number of aromatic nitrogens is 2. The van der Waals surface area contributed by atoms with Crippen LogP contribution < -0.4 is 10.9 Å². The number of nitrogens with zero attached hydrogens (tertiary/aromatic N) is 2. The van der Waals surface area contributed by atoms with E-state index in [4.69, 9.17) is 0 Å². The van der Waals surface area contributed by atoms with Crippen LogP contribution in [0.1, 0.15) is 20.3 Å². The molecule has 0 spiro atoms. The highest BCUT2D eigenvalue weighted by molar-refractivity contribution is 9.10. The van der Waals surface area contributed by atoms with Crippen LogP contribution in [0.15, 0.2) is 15.5 Å². The molecule has 0 saturated heterocycles. The first-order chi connectivity index (χ1) is 8.06. The van der Waals surface area contributed by atoms with Crippen LogP contribution in [0.3, 0.4) is 0 Å². The quantitative estimate of drug-likeness (QED) is 0.839. The molecule has 0 radical (unpaired) electrons. The molecule has 0 aliphatic heterocycles. The van der Waals surface area contributed by atoms with E-state index in [1.165, 1.54) is 0 Å². The summed E-state index contributed by atoms with van der Waals surface area (Å²) in [6.45, 7) is 6.08. The van der Waals surface area contributed by atoms with Gasteiger partial charge in [0.15, 0.2) is 0 Å². The lowest BCUT2D eigenvalue weighted by Crippen LogP contribution is -2.32. The highest BCUT2D eigenvalue weighted by atomic mass is 79.9. The lowest BCUT2D eigenvalue weighted by Gasteiger charge is -2.23. The van der Waals surface area contributed by atoms with E-state index in [9.17, 15) is 4.79 Å². The van der Waals surface area contributed by atoms with Gasteiger partial charge in [0.1, 0.15) is 4.47 Å². The van der Waals surface area contributed by atoms with Crippen LogP contribution in [-0.4, -0.2) is 41.3 Å². The molecule has 1 aromatic rings. The van der Waals surface area contributed by atoms with E-state index in [0.717, 1.165) is 25.2 Å². The summed E-state index contributed by atoms with van der Waals surface area (Å²) >= 11 is 3.23. The van der Waals surface area contributed by atoms with Crippen LogP contribution in [0, 0.1) is 0 Å². The monoisotopic (exact) mass is 302 g/mol. The summed E-state index contributed by atoms with van der Waals surface area (Å²) in [4.78, 5) is 13.6. The van der Waals surface area contributed by atoms with Crippen molar-refractivity contribution in [2.24, 2.45) is 0 Å². The average molecular weight is 303 g/mol. The van der Waals surface area contributed by atoms with E-state index in [1.807, 2.05) is 0 Å². The van der Waals surface area contributed by atoms with Crippen molar-refractivity contribution >= 4 is 21.6 Å². The molecule has 0 bridgehead atoms. The SMILES string of the molecule is CCC(C)N(C)CCNc1cn[nH]c(=O)c1Br. The van der Waals surface area contributed by atoms with Crippen molar-refractivity contribution in [1.82, 2.24) is 15.1 Å². The van der Waals surface area contributed by atoms with E-state index in [2.05, 4.69) is 57.2 Å². The molecular formula is C11H19BrN4O. The van der Waals surface area contributed by atoms with E-state index in [-0.39, 0.29) is 5.56 Å². The molecule has 17 heavy (non-hydrogen) atoms. The largest absolute Gasteiger partial charge is 0.381 e. The molecule has 1 rings (SSSR count). The van der Waals surface area contributed by atoms with Gasteiger partial charge in [-0.2, -0.15) is 5.10 Å². The number of anilines is 1. The molecular weight excluding hydrogens is 284 g/mol. The Morgan fingerprint density at radius 1 is 1.65 bits per heavy atom. The second kappa shape index (κ2) is 6.76. The zero-order valence-corrected chi connectivity index (χ0v) is 12.0. The molecule has 0 fully saturated rings. The van der Waals surface area contributed by atoms with Gasteiger partial charge in [-0.25, -0.2) is 5.10 Å². The molecule has 96 valence electrons. The van der Waals surface area contributed by atoms with Gasteiger partial charge in [-0.1, -0.05) is 6.92 Å². The van der Waals surface area contributed by atoms with Gasteiger partial charge in [0.2, 0.25) is 0 Å². The number of H-pyrrole nitrogens is 1. The van der Waals surface area contributed by atoms with Gasteiger partial charge in [0.25, 0.3) is 5.56 Å². The van der Waals surface area contributed by atoms with Crippen LogP contribution in [0.4, 0.5) is 5.69 Å². The molecule has 0 aliphatic rings. The van der Waals surface area contributed by atoms with Crippen LogP contribution in [0.5, 0.6) is 0 Å². The summed E-state index contributed by atoms with van der Waals surface area (Å²) in [5.41, 5.74) is 0.511. The fourth-order valence-corrected chi connectivity index (χ4v) is 1.74. The molecule has 2 N–H and O–H groups in total. The number of halogens is 1. The number of hydrogen-bond acceptors (Lipinski definition) is 4. The van der Waals surface area contributed by atoms with Crippen LogP contribution in [0.2, 0.25) is 0 Å². The zero-order valence-electron chi connectivity index (χ0n) is 10.5. The minimum Gasteiger partial charge on any atom is -0.381 e. The molecule has 6 heteroatoms. The Labute approximate surface area is 110 Å². The molecule has 0 aliphatic carbocycles. The highest BCUT2D eigenvalue weighted by Crippen LogP contribution is 2.14. The van der Waals surface area contributed by atoms with Crippen molar-refractivity contribution in [3.05, 3.63) is 21.0 Å². The Bertz CT molecular complexity index is 407. The lowest BCUT2D eigenvalue weighted by molar-refractivity contribution is 0.261. The predicted octanol–water partition coefficient (Wildman–Crippen LogP) is 1.67. The molecule has 1 aromatic heterocycles. The summed E-state index contributed by atoms with van der Waals surface area (Å²) in [5.74, 6) is 0. The Morgan fingerprint density at radius 3 is 3.00 bits per heavy atom. The standard InChI is InChI=1S/C11H19BrN4O/c1-4-8(2)16(3)6-5-13-9-7-14-15-11(17)10(9)12/h7-8H,4-6H2,1-3H3,(H2,13,15,17). The Kier molecular flexibility index (Phi) is 5.64. The normalized spacial score (nSPS) is 12.8. The molecule has 1 unspecified atom stereocenters. The maximum absolute atomic E-state index is 11.3. The predicted molar refractivity (Wildman–Crippen MR) is 73.4 cm³/mol. The number of nitrogens with one attached hydrogen (secondary N) is 2. The van der Waals surface area contributed by atoms with E-state index in [1.54, 1.807) is 6.20 Å². The highest BCUT2D eigenvalue weighted by Gasteiger charge is 2.07. The lowest BCUT2D eigenvalue weighted by atomic mass is 10.2. The van der Waals surface area contributed by atoms with E-state index >= 15 is 0 Å². The second-order valence-electron chi connectivity index (χ2n) is 4.09. The van der Waals surface area contributed by atoms with Crippen LogP contribution >= 0.6 is 15.9 Å². The molecule has 5 nitrogen and oxygen atoms in total. The van der Waals surface area contributed by atoms with Crippen molar-refractivity contribution in [2.75, 3.05) is 25.5 Å². The maximum atomic E-state index is 11.3.